The van der Waals surface area contributed by atoms with Gasteiger partial charge in [-0.25, -0.2) is 13.6 Å². The number of methoxy groups -OCH3 is 1. The van der Waals surface area contributed by atoms with E-state index in [2.05, 4.69) is 15.0 Å². The van der Waals surface area contributed by atoms with Crippen LogP contribution in [0.2, 0.25) is 0 Å². The van der Waals surface area contributed by atoms with Crippen molar-refractivity contribution in [2.24, 2.45) is 0 Å². The van der Waals surface area contributed by atoms with Gasteiger partial charge in [0.15, 0.2) is 0 Å². The van der Waals surface area contributed by atoms with Crippen LogP contribution in [0, 0.1) is 11.6 Å². The summed E-state index contributed by atoms with van der Waals surface area (Å²) in [5.41, 5.74) is 1.35. The number of likely N-dealkylation sites (tertiary alicyclic amines) is 2. The Labute approximate surface area is 244 Å². The molecule has 9 heteroatoms. The molecular weight excluding hydrogens is 540 g/mol. The summed E-state index contributed by atoms with van der Waals surface area (Å²) in [7, 11) is 1.15. The van der Waals surface area contributed by atoms with Gasteiger partial charge in [0, 0.05) is 42.4 Å². The number of amides is 2. The third kappa shape index (κ3) is 6.51. The fourth-order valence-electron chi connectivity index (χ4n) is 5.87. The molecule has 42 heavy (non-hydrogen) atoms. The Morgan fingerprint density at radius 3 is 2.21 bits per heavy atom. The van der Waals surface area contributed by atoms with Gasteiger partial charge in [-0.1, -0.05) is 30.7 Å². The van der Waals surface area contributed by atoms with Crippen molar-refractivity contribution in [2.75, 3.05) is 33.3 Å². The second-order valence-electron chi connectivity index (χ2n) is 10.8. The van der Waals surface area contributed by atoms with Gasteiger partial charge in [0.05, 0.1) is 7.11 Å². The molecule has 5 rings (SSSR count). The molecule has 0 aliphatic carbocycles. The van der Waals surface area contributed by atoms with E-state index in [9.17, 15) is 23.2 Å². The maximum atomic E-state index is 14.9. The highest BCUT2D eigenvalue weighted by molar-refractivity contribution is 5.98. The number of esters is 1. The lowest BCUT2D eigenvalue weighted by atomic mass is 9.98. The van der Waals surface area contributed by atoms with Crippen LogP contribution < -0.4 is 5.32 Å². The lowest BCUT2D eigenvalue weighted by molar-refractivity contribution is 0.0585. The highest BCUT2D eigenvalue weighted by Gasteiger charge is 2.28. The number of nitrogens with one attached hydrogen (secondary N) is 1. The molecule has 2 aliphatic heterocycles. The minimum absolute atomic E-state index is 0.0325. The van der Waals surface area contributed by atoms with Gasteiger partial charge >= 0.3 is 5.97 Å². The Bertz CT molecular complexity index is 1450. The molecule has 0 saturated carbocycles. The standard InChI is InChI=1S/C33H35F2N3O4/c1-42-33(41)30-27(6-5-7-28(30)34)24-12-13-25(29(35)20-24)21-36-31(39)22-8-10-23(11-9-22)32(40)38-18-14-26(15-19-38)37-16-3-2-4-17-37/h5-13,20,26H,2-4,14-19,21H2,1H3,(H,36,39). The summed E-state index contributed by atoms with van der Waals surface area (Å²) in [4.78, 5) is 42.3. The molecule has 0 radical (unpaired) electrons. The topological polar surface area (TPSA) is 78.9 Å². The number of carbonyl (C=O) groups excluding carboxylic acids is 3. The summed E-state index contributed by atoms with van der Waals surface area (Å²) in [6.45, 7) is 3.70. The second kappa shape index (κ2) is 13.2. The Morgan fingerprint density at radius 1 is 0.857 bits per heavy atom. The quantitative estimate of drug-likeness (QED) is 0.380. The fourth-order valence-corrected chi connectivity index (χ4v) is 5.87. The van der Waals surface area contributed by atoms with Crippen molar-refractivity contribution in [3.63, 3.8) is 0 Å². The van der Waals surface area contributed by atoms with E-state index in [0.717, 1.165) is 52.2 Å². The lowest BCUT2D eigenvalue weighted by Gasteiger charge is -2.40. The van der Waals surface area contributed by atoms with Gasteiger partial charge in [-0.15, -0.1) is 0 Å². The smallest absolute Gasteiger partial charge is 0.341 e. The molecule has 0 aromatic heterocycles. The van der Waals surface area contributed by atoms with Gasteiger partial charge < -0.3 is 19.9 Å². The van der Waals surface area contributed by atoms with Crippen molar-refractivity contribution in [1.29, 1.82) is 0 Å². The Hall–Kier alpha value is -4.11. The first-order chi connectivity index (χ1) is 20.4. The summed E-state index contributed by atoms with van der Waals surface area (Å²) >= 11 is 0. The first kappa shape index (κ1) is 29.4. The Morgan fingerprint density at radius 2 is 1.55 bits per heavy atom. The number of benzene rings is 3. The zero-order chi connectivity index (χ0) is 29.6. The van der Waals surface area contributed by atoms with E-state index in [-0.39, 0.29) is 29.1 Å². The van der Waals surface area contributed by atoms with Gasteiger partial charge in [0.2, 0.25) is 0 Å². The molecule has 3 aromatic rings. The first-order valence-electron chi connectivity index (χ1n) is 14.4. The van der Waals surface area contributed by atoms with Crippen LogP contribution in [0.3, 0.4) is 0 Å². The van der Waals surface area contributed by atoms with E-state index in [1.54, 1.807) is 30.3 Å². The molecular formula is C33H35F2N3O4. The number of hydrogen-bond donors (Lipinski definition) is 1. The summed E-state index contributed by atoms with van der Waals surface area (Å²) in [6, 6.07) is 15.4. The van der Waals surface area contributed by atoms with Crippen LogP contribution in [0.1, 0.15) is 68.7 Å². The Balaban J connectivity index is 1.17. The molecule has 0 bridgehead atoms. The molecule has 7 nitrogen and oxygen atoms in total. The van der Waals surface area contributed by atoms with E-state index < -0.39 is 23.5 Å². The van der Waals surface area contributed by atoms with E-state index in [1.165, 1.54) is 43.5 Å². The van der Waals surface area contributed by atoms with Crippen molar-refractivity contribution >= 4 is 17.8 Å². The first-order valence-corrected chi connectivity index (χ1v) is 14.4. The van der Waals surface area contributed by atoms with E-state index >= 15 is 0 Å². The minimum Gasteiger partial charge on any atom is -0.465 e. The van der Waals surface area contributed by atoms with Crippen LogP contribution in [-0.4, -0.2) is 66.9 Å². The number of piperidine rings is 2. The molecule has 0 atom stereocenters. The third-order valence-electron chi connectivity index (χ3n) is 8.26. The summed E-state index contributed by atoms with van der Waals surface area (Å²) < 4.78 is 33.9. The molecule has 0 spiro atoms. The molecule has 2 saturated heterocycles. The monoisotopic (exact) mass is 575 g/mol. The second-order valence-corrected chi connectivity index (χ2v) is 10.8. The highest BCUT2D eigenvalue weighted by atomic mass is 19.1. The molecule has 2 amide bonds. The van der Waals surface area contributed by atoms with Crippen molar-refractivity contribution < 1.29 is 27.9 Å². The van der Waals surface area contributed by atoms with Crippen LogP contribution in [-0.2, 0) is 11.3 Å². The molecule has 1 N–H and O–H groups in total. The molecule has 220 valence electrons. The van der Waals surface area contributed by atoms with Gasteiger partial charge in [-0.3, -0.25) is 9.59 Å². The third-order valence-corrected chi connectivity index (χ3v) is 8.26. The highest BCUT2D eigenvalue weighted by Crippen LogP contribution is 2.28. The number of halogens is 2. The lowest BCUT2D eigenvalue weighted by Crippen LogP contribution is -2.48. The van der Waals surface area contributed by atoms with Crippen LogP contribution in [0.15, 0.2) is 60.7 Å². The van der Waals surface area contributed by atoms with Crippen molar-refractivity contribution in [2.45, 2.75) is 44.7 Å². The number of ether oxygens (including phenoxy) is 1. The summed E-state index contributed by atoms with van der Waals surface area (Å²) in [5, 5.41) is 2.70. The molecule has 3 aromatic carbocycles. The predicted octanol–water partition coefficient (Wildman–Crippen LogP) is 5.44. The van der Waals surface area contributed by atoms with E-state index in [1.807, 2.05) is 4.90 Å². The number of hydrogen-bond acceptors (Lipinski definition) is 5. The average molecular weight is 576 g/mol. The van der Waals surface area contributed by atoms with Gasteiger partial charge in [0.25, 0.3) is 11.8 Å². The minimum atomic E-state index is -0.856. The summed E-state index contributed by atoms with van der Waals surface area (Å²) in [6.07, 6.45) is 5.80. The average Bonchev–Trinajstić information content (AvgIpc) is 3.03. The predicted molar refractivity (Wildman–Crippen MR) is 155 cm³/mol. The van der Waals surface area contributed by atoms with Gasteiger partial charge in [-0.2, -0.15) is 0 Å². The normalized spacial score (nSPS) is 16.2. The maximum absolute atomic E-state index is 14.9. The molecule has 2 aliphatic rings. The molecule has 2 heterocycles. The van der Waals surface area contributed by atoms with Crippen molar-refractivity contribution in [3.05, 3.63) is 94.6 Å². The van der Waals surface area contributed by atoms with Gasteiger partial charge in [0.1, 0.15) is 17.2 Å². The number of carbonyl (C=O) groups is 3. The van der Waals surface area contributed by atoms with E-state index in [4.69, 9.17) is 0 Å². The zero-order valence-corrected chi connectivity index (χ0v) is 23.7. The Kier molecular flexibility index (Phi) is 9.27. The molecule has 0 unspecified atom stereocenters. The van der Waals surface area contributed by atoms with Crippen LogP contribution in [0.25, 0.3) is 11.1 Å². The van der Waals surface area contributed by atoms with Gasteiger partial charge in [-0.05, 0) is 86.3 Å². The molecule has 2 fully saturated rings. The van der Waals surface area contributed by atoms with Crippen molar-refractivity contribution in [3.8, 4) is 11.1 Å². The van der Waals surface area contributed by atoms with Crippen LogP contribution in [0.4, 0.5) is 8.78 Å². The fraction of sp³-hybridized carbons (Fsp3) is 0.364. The number of rotatable bonds is 7. The van der Waals surface area contributed by atoms with E-state index in [0.29, 0.717) is 22.7 Å². The van der Waals surface area contributed by atoms with Crippen LogP contribution >= 0.6 is 0 Å². The number of nitrogens with zero attached hydrogens (tertiary/aromatic N) is 2. The summed E-state index contributed by atoms with van der Waals surface area (Å²) in [5.74, 6) is -2.67. The van der Waals surface area contributed by atoms with Crippen LogP contribution in [0.5, 0.6) is 0 Å². The largest absolute Gasteiger partial charge is 0.465 e. The SMILES string of the molecule is COC(=O)c1c(F)cccc1-c1ccc(CNC(=O)c2ccc(C(=O)N3CCC(N4CCCCC4)CC3)cc2)c(F)c1. The maximum Gasteiger partial charge on any atom is 0.341 e. The zero-order valence-electron chi connectivity index (χ0n) is 23.7. The van der Waals surface area contributed by atoms with Crippen molar-refractivity contribution in [1.82, 2.24) is 15.1 Å².